The summed E-state index contributed by atoms with van der Waals surface area (Å²) in [6.07, 6.45) is 0. The molecule has 0 fully saturated rings. The maximum absolute atomic E-state index is 10.9. The van der Waals surface area contributed by atoms with Crippen LogP contribution in [0.2, 0.25) is 0 Å². The molecule has 0 heterocycles. The summed E-state index contributed by atoms with van der Waals surface area (Å²) in [5.74, 6) is 1.70. The van der Waals surface area contributed by atoms with Gasteiger partial charge in [-0.25, -0.2) is 0 Å². The van der Waals surface area contributed by atoms with Gasteiger partial charge in [0.1, 0.15) is 11.6 Å². The molecule has 0 amide bonds. The highest BCUT2D eigenvalue weighted by atomic mass is 33.1. The van der Waals surface area contributed by atoms with Crippen LogP contribution in [0.25, 0.3) is 0 Å². The van der Waals surface area contributed by atoms with E-state index in [1.54, 1.807) is 28.5 Å². The number of carbonyl (C=O) groups is 2. The Labute approximate surface area is 93.0 Å². The van der Waals surface area contributed by atoms with E-state index >= 15 is 0 Å². The fourth-order valence-electron chi connectivity index (χ4n) is 0.506. The van der Waals surface area contributed by atoms with Crippen LogP contribution in [-0.2, 0) is 9.59 Å². The van der Waals surface area contributed by atoms with Crippen molar-refractivity contribution < 1.29 is 9.59 Å². The summed E-state index contributed by atoms with van der Waals surface area (Å²) in [7, 11) is 3.15. The molecule has 5 heteroatoms. The van der Waals surface area contributed by atoms with E-state index in [2.05, 4.69) is 0 Å². The summed E-state index contributed by atoms with van der Waals surface area (Å²) in [4.78, 5) is 21.7. The molecule has 14 heavy (non-hydrogen) atoms. The van der Waals surface area contributed by atoms with Crippen molar-refractivity contribution in [1.29, 1.82) is 0 Å². The van der Waals surface area contributed by atoms with Gasteiger partial charge in [0, 0.05) is 17.4 Å². The average molecular weight is 235 g/mol. The largest absolute Gasteiger partial charge is 0.321 e. The second-order valence-corrected chi connectivity index (χ2v) is 5.85. The number of carbonyl (C=O) groups excluding carboxylic acids is 2. The van der Waals surface area contributed by atoms with Gasteiger partial charge in [0.15, 0.2) is 0 Å². The van der Waals surface area contributed by atoms with Crippen molar-refractivity contribution in [3.05, 3.63) is 0 Å². The Hall–Kier alpha value is -0.0000000000000000555. The highest BCUT2D eigenvalue weighted by Crippen LogP contribution is 2.24. The van der Waals surface area contributed by atoms with E-state index in [0.717, 1.165) is 5.75 Å². The lowest BCUT2D eigenvalue weighted by atomic mass is 10.1. The lowest BCUT2D eigenvalue weighted by molar-refractivity contribution is -0.119. The third-order valence-corrected chi connectivity index (χ3v) is 4.48. The van der Waals surface area contributed by atoms with E-state index in [1.807, 2.05) is 6.92 Å². The Bertz CT molecular complexity index is 187. The zero-order chi connectivity index (χ0) is 11.1. The second kappa shape index (κ2) is 7.31. The predicted octanol–water partition coefficient (Wildman–Crippen LogP) is 1.51. The minimum absolute atomic E-state index is 0.0118. The lowest BCUT2D eigenvalue weighted by Gasteiger charge is -2.08. The highest BCUT2D eigenvalue weighted by molar-refractivity contribution is 8.76. The van der Waals surface area contributed by atoms with Crippen LogP contribution in [0.1, 0.15) is 20.8 Å². The van der Waals surface area contributed by atoms with Crippen LogP contribution in [-0.4, -0.2) is 29.1 Å². The molecule has 0 aliphatic rings. The number of ketones is 2. The van der Waals surface area contributed by atoms with E-state index < -0.39 is 0 Å². The van der Waals surface area contributed by atoms with Gasteiger partial charge in [-0.1, -0.05) is 28.5 Å². The SMILES string of the molecule is CC(=O)C(C)CSSCC(N)C(C)=O. The molecule has 0 aromatic rings. The molecule has 2 atom stereocenters. The number of rotatable bonds is 7. The normalized spacial score (nSPS) is 14.9. The molecule has 0 rings (SSSR count). The van der Waals surface area contributed by atoms with Crippen molar-refractivity contribution in [3.63, 3.8) is 0 Å². The molecule has 0 saturated heterocycles. The summed E-state index contributed by atoms with van der Waals surface area (Å²) >= 11 is 0. The Morgan fingerprint density at radius 2 is 1.64 bits per heavy atom. The van der Waals surface area contributed by atoms with Crippen LogP contribution in [0, 0.1) is 5.92 Å². The first-order chi connectivity index (χ1) is 6.45. The summed E-state index contributed by atoms with van der Waals surface area (Å²) in [5, 5.41) is 0. The van der Waals surface area contributed by atoms with Crippen molar-refractivity contribution >= 4 is 33.2 Å². The van der Waals surface area contributed by atoms with Gasteiger partial charge in [-0.15, -0.1) is 0 Å². The van der Waals surface area contributed by atoms with Crippen LogP contribution in [0.4, 0.5) is 0 Å². The third kappa shape index (κ3) is 6.45. The number of nitrogens with two attached hydrogens (primary N) is 1. The molecule has 0 saturated carbocycles. The predicted molar refractivity (Wildman–Crippen MR) is 63.4 cm³/mol. The minimum atomic E-state index is -0.375. The number of hydrogen-bond donors (Lipinski definition) is 1. The molecule has 0 bridgehead atoms. The molecular weight excluding hydrogens is 218 g/mol. The molecule has 0 aromatic heterocycles. The van der Waals surface area contributed by atoms with Crippen molar-refractivity contribution in [2.45, 2.75) is 26.8 Å². The Morgan fingerprint density at radius 3 is 2.07 bits per heavy atom. The Morgan fingerprint density at radius 1 is 1.14 bits per heavy atom. The monoisotopic (exact) mass is 235 g/mol. The highest BCUT2D eigenvalue weighted by Gasteiger charge is 2.10. The smallest absolute Gasteiger partial charge is 0.147 e. The molecule has 2 unspecified atom stereocenters. The molecule has 82 valence electrons. The first-order valence-electron chi connectivity index (χ1n) is 4.46. The van der Waals surface area contributed by atoms with Gasteiger partial charge in [-0.05, 0) is 13.8 Å². The lowest BCUT2D eigenvalue weighted by Crippen LogP contribution is -2.30. The summed E-state index contributed by atoms with van der Waals surface area (Å²) in [6.45, 7) is 4.99. The zero-order valence-corrected chi connectivity index (χ0v) is 10.4. The quantitative estimate of drug-likeness (QED) is 0.535. The molecule has 2 N–H and O–H groups in total. The molecule has 3 nitrogen and oxygen atoms in total. The summed E-state index contributed by atoms with van der Waals surface area (Å²) in [6, 6.07) is -0.375. The molecule has 0 aliphatic carbocycles. The molecular formula is C9H17NO2S2. The van der Waals surface area contributed by atoms with Gasteiger partial charge in [0.25, 0.3) is 0 Å². The fraction of sp³-hybridized carbons (Fsp3) is 0.778. The third-order valence-electron chi connectivity index (χ3n) is 1.87. The molecule has 0 radical (unpaired) electrons. The van der Waals surface area contributed by atoms with Gasteiger partial charge in [0.05, 0.1) is 6.04 Å². The Balaban J connectivity index is 3.47. The van der Waals surface area contributed by atoms with E-state index in [4.69, 9.17) is 5.73 Å². The maximum Gasteiger partial charge on any atom is 0.147 e. The molecule has 0 aromatic carbocycles. The van der Waals surface area contributed by atoms with Gasteiger partial charge in [-0.2, -0.15) is 0 Å². The standard InChI is InChI=1S/C9H17NO2S2/c1-6(7(2)11)4-13-14-5-9(10)8(3)12/h6,9H,4-5,10H2,1-3H3. The topological polar surface area (TPSA) is 60.2 Å². The van der Waals surface area contributed by atoms with Crippen LogP contribution in [0.5, 0.6) is 0 Å². The average Bonchev–Trinajstić information content (AvgIpc) is 2.11. The first kappa shape index (κ1) is 14.0. The fourth-order valence-corrected chi connectivity index (χ4v) is 3.15. The van der Waals surface area contributed by atoms with Gasteiger partial charge >= 0.3 is 0 Å². The van der Waals surface area contributed by atoms with Crippen LogP contribution >= 0.6 is 21.6 Å². The van der Waals surface area contributed by atoms with E-state index in [0.29, 0.717) is 5.75 Å². The van der Waals surface area contributed by atoms with Crippen molar-refractivity contribution in [2.24, 2.45) is 11.7 Å². The second-order valence-electron chi connectivity index (χ2n) is 3.30. The van der Waals surface area contributed by atoms with Gasteiger partial charge < -0.3 is 5.73 Å². The van der Waals surface area contributed by atoms with Crippen molar-refractivity contribution in [1.82, 2.24) is 0 Å². The van der Waals surface area contributed by atoms with Crippen molar-refractivity contribution in [3.8, 4) is 0 Å². The molecule has 0 aliphatic heterocycles. The number of hydrogen-bond acceptors (Lipinski definition) is 5. The maximum atomic E-state index is 10.9. The van der Waals surface area contributed by atoms with Crippen LogP contribution in [0.15, 0.2) is 0 Å². The Kier molecular flexibility index (Phi) is 7.31. The summed E-state index contributed by atoms with van der Waals surface area (Å²) in [5.41, 5.74) is 5.54. The zero-order valence-electron chi connectivity index (χ0n) is 8.78. The van der Waals surface area contributed by atoms with E-state index in [1.165, 1.54) is 6.92 Å². The van der Waals surface area contributed by atoms with E-state index in [-0.39, 0.29) is 23.5 Å². The van der Waals surface area contributed by atoms with Crippen LogP contribution < -0.4 is 5.73 Å². The van der Waals surface area contributed by atoms with Crippen molar-refractivity contribution in [2.75, 3.05) is 11.5 Å². The van der Waals surface area contributed by atoms with Gasteiger partial charge in [0.2, 0.25) is 0 Å². The molecule has 0 spiro atoms. The summed E-state index contributed by atoms with van der Waals surface area (Å²) < 4.78 is 0. The number of Topliss-reactive ketones (excluding diaryl/α,β-unsaturated/α-hetero) is 2. The minimum Gasteiger partial charge on any atom is -0.321 e. The van der Waals surface area contributed by atoms with E-state index in [9.17, 15) is 9.59 Å². The van der Waals surface area contributed by atoms with Gasteiger partial charge in [-0.3, -0.25) is 9.59 Å². The van der Waals surface area contributed by atoms with Crippen LogP contribution in [0.3, 0.4) is 0 Å². The first-order valence-corrected chi connectivity index (χ1v) is 6.94.